The largest absolute Gasteiger partial charge is 0.491 e. The summed E-state index contributed by atoms with van der Waals surface area (Å²) >= 11 is 1.44. The van der Waals surface area contributed by atoms with Gasteiger partial charge in [-0.15, -0.1) is 0 Å². The van der Waals surface area contributed by atoms with Crippen molar-refractivity contribution >= 4 is 47.8 Å². The fourth-order valence-electron chi connectivity index (χ4n) is 3.02. The number of hydrogen-bond donors (Lipinski definition) is 3. The van der Waals surface area contributed by atoms with E-state index < -0.39 is 5.82 Å². The summed E-state index contributed by atoms with van der Waals surface area (Å²) in [5.74, 6) is 0.820. The van der Waals surface area contributed by atoms with Crippen molar-refractivity contribution in [3.8, 4) is 5.75 Å². The lowest BCUT2D eigenvalue weighted by atomic mass is 10.1. The highest BCUT2D eigenvalue weighted by atomic mass is 32.2. The minimum absolute atomic E-state index is 0.0231. The van der Waals surface area contributed by atoms with Gasteiger partial charge in [-0.1, -0.05) is 18.5 Å². The van der Waals surface area contributed by atoms with E-state index in [0.717, 1.165) is 11.4 Å². The van der Waals surface area contributed by atoms with Crippen LogP contribution in [0.4, 0.5) is 15.8 Å². The van der Waals surface area contributed by atoms with Crippen molar-refractivity contribution in [3.63, 3.8) is 0 Å². The first-order valence-corrected chi connectivity index (χ1v) is 12.9. The maximum absolute atomic E-state index is 15.0. The lowest BCUT2D eigenvalue weighted by molar-refractivity contribution is -0.121. The predicted molar refractivity (Wildman–Crippen MR) is 151 cm³/mol. The second kappa shape index (κ2) is 15.2. The molecule has 0 aliphatic heterocycles. The SMILES string of the molecule is C=c1cc(OCCOC)cc(F)/c1=C(/N=C\C)Nc1ccc(NSCCC(=O)NCC(C)(C)OC)cc1. The van der Waals surface area contributed by atoms with Gasteiger partial charge < -0.3 is 29.6 Å². The van der Waals surface area contributed by atoms with Gasteiger partial charge in [0.15, 0.2) is 0 Å². The van der Waals surface area contributed by atoms with Crippen LogP contribution >= 0.6 is 11.9 Å². The lowest BCUT2D eigenvalue weighted by Gasteiger charge is -2.23. The zero-order chi connectivity index (χ0) is 27.3. The van der Waals surface area contributed by atoms with Crippen LogP contribution < -0.4 is 30.5 Å². The van der Waals surface area contributed by atoms with E-state index in [9.17, 15) is 9.18 Å². The first kappa shape index (κ1) is 30.1. The van der Waals surface area contributed by atoms with Gasteiger partial charge in [-0.05, 0) is 56.3 Å². The van der Waals surface area contributed by atoms with Crippen LogP contribution in [0.2, 0.25) is 0 Å². The highest BCUT2D eigenvalue weighted by molar-refractivity contribution is 8.00. The number of nitrogens with one attached hydrogen (secondary N) is 3. The average molecular weight is 533 g/mol. The molecule has 0 heterocycles. The highest BCUT2D eigenvalue weighted by Gasteiger charge is 2.17. The number of benzene rings is 2. The molecule has 0 saturated heterocycles. The standard InChI is InChI=1S/C27H37FN4O4S/c1-7-29-26(25-19(2)16-22(17-23(25)28)36-14-13-34-5)31-20-8-10-21(11-9-20)32-37-15-12-24(33)30-18-27(3,4)35-6/h7-11,16-17,31-32H,2,12-15,18H2,1,3-6H3,(H,30,33)/b26-25-,29-7-. The van der Waals surface area contributed by atoms with Crippen molar-refractivity contribution in [2.75, 3.05) is 49.8 Å². The molecule has 0 radical (unpaired) electrons. The Kier molecular flexibility index (Phi) is 12.4. The van der Waals surface area contributed by atoms with Gasteiger partial charge in [-0.25, -0.2) is 9.38 Å². The molecule has 10 heteroatoms. The van der Waals surface area contributed by atoms with Crippen LogP contribution in [0.3, 0.4) is 0 Å². The van der Waals surface area contributed by atoms with Crippen LogP contribution in [-0.2, 0) is 14.3 Å². The third kappa shape index (κ3) is 10.4. The summed E-state index contributed by atoms with van der Waals surface area (Å²) in [5, 5.41) is 6.76. The molecule has 0 fully saturated rings. The minimum atomic E-state index is -0.488. The number of hydrogen-bond acceptors (Lipinski definition) is 8. The van der Waals surface area contributed by atoms with Crippen LogP contribution in [0.1, 0.15) is 27.2 Å². The summed E-state index contributed by atoms with van der Waals surface area (Å²) in [5.41, 5.74) is 1.22. The first-order chi connectivity index (χ1) is 17.7. The normalized spacial score (nSPS) is 12.4. The lowest BCUT2D eigenvalue weighted by Crippen LogP contribution is -2.39. The molecule has 0 spiro atoms. The second-order valence-corrected chi connectivity index (χ2v) is 9.56. The predicted octanol–water partition coefficient (Wildman–Crippen LogP) is 3.52. The Labute approximate surface area is 222 Å². The van der Waals surface area contributed by atoms with Gasteiger partial charge in [0.05, 0.1) is 17.4 Å². The van der Waals surface area contributed by atoms with Gasteiger partial charge in [0.2, 0.25) is 5.91 Å². The molecular weight excluding hydrogens is 495 g/mol. The summed E-state index contributed by atoms with van der Waals surface area (Å²) in [6, 6.07) is 10.5. The summed E-state index contributed by atoms with van der Waals surface area (Å²) in [6.45, 7) is 10.8. The monoisotopic (exact) mass is 532 g/mol. The number of methoxy groups -OCH3 is 2. The van der Waals surface area contributed by atoms with Crippen molar-refractivity contribution in [3.05, 3.63) is 52.7 Å². The number of rotatable bonds is 15. The molecule has 2 aromatic rings. The maximum Gasteiger partial charge on any atom is 0.220 e. The summed E-state index contributed by atoms with van der Waals surface area (Å²) in [7, 11) is 3.20. The van der Waals surface area contributed by atoms with Gasteiger partial charge in [-0.2, -0.15) is 0 Å². The Morgan fingerprint density at radius 2 is 1.86 bits per heavy atom. The van der Waals surface area contributed by atoms with Crippen LogP contribution in [0.25, 0.3) is 12.4 Å². The second-order valence-electron chi connectivity index (χ2n) is 8.66. The fraction of sp³-hybridized carbons (Fsp3) is 0.407. The zero-order valence-corrected chi connectivity index (χ0v) is 23.0. The summed E-state index contributed by atoms with van der Waals surface area (Å²) < 4.78 is 34.0. The molecule has 0 aromatic heterocycles. The number of aliphatic imine (C=N–C) groups is 1. The molecule has 8 nitrogen and oxygen atoms in total. The van der Waals surface area contributed by atoms with Gasteiger partial charge >= 0.3 is 0 Å². The molecule has 0 atom stereocenters. The van der Waals surface area contributed by atoms with E-state index in [0.29, 0.717) is 48.7 Å². The Morgan fingerprint density at radius 3 is 2.49 bits per heavy atom. The van der Waals surface area contributed by atoms with Gasteiger partial charge in [0.25, 0.3) is 0 Å². The van der Waals surface area contributed by atoms with E-state index in [-0.39, 0.29) is 16.7 Å². The Hall–Kier alpha value is -3.08. The Bertz CT molecular complexity index is 1160. The minimum Gasteiger partial charge on any atom is -0.491 e. The number of carbonyl (C=O) groups excluding carboxylic acids is 1. The summed E-state index contributed by atoms with van der Waals surface area (Å²) in [4.78, 5) is 16.3. The molecule has 1 amide bonds. The van der Waals surface area contributed by atoms with E-state index in [1.807, 2.05) is 38.1 Å². The van der Waals surface area contributed by atoms with E-state index in [4.69, 9.17) is 14.2 Å². The topological polar surface area (TPSA) is 93.2 Å². The van der Waals surface area contributed by atoms with Crippen LogP contribution in [0, 0.1) is 5.82 Å². The number of halogens is 1. The molecule has 0 saturated carbocycles. The third-order valence-electron chi connectivity index (χ3n) is 5.23. The molecule has 0 aliphatic carbocycles. The van der Waals surface area contributed by atoms with E-state index >= 15 is 0 Å². The van der Waals surface area contributed by atoms with Crippen LogP contribution in [0.15, 0.2) is 41.4 Å². The van der Waals surface area contributed by atoms with Crippen molar-refractivity contribution < 1.29 is 23.4 Å². The quantitative estimate of drug-likeness (QED) is 0.184. The number of ether oxygens (including phenoxy) is 3. The molecule has 0 unspecified atom stereocenters. The van der Waals surface area contributed by atoms with Crippen LogP contribution in [-0.4, -0.2) is 57.5 Å². The maximum atomic E-state index is 15.0. The first-order valence-electron chi connectivity index (χ1n) is 11.9. The smallest absolute Gasteiger partial charge is 0.220 e. The van der Waals surface area contributed by atoms with Crippen molar-refractivity contribution in [2.45, 2.75) is 32.8 Å². The average Bonchev–Trinajstić information content (AvgIpc) is 2.86. The Morgan fingerprint density at radius 1 is 1.16 bits per heavy atom. The molecule has 2 aromatic carbocycles. The van der Waals surface area contributed by atoms with E-state index in [1.165, 1.54) is 18.0 Å². The number of anilines is 2. The number of carbonyl (C=O) groups is 1. The molecule has 37 heavy (non-hydrogen) atoms. The molecule has 0 bridgehead atoms. The molecule has 202 valence electrons. The van der Waals surface area contributed by atoms with Crippen molar-refractivity contribution in [2.24, 2.45) is 4.99 Å². The van der Waals surface area contributed by atoms with Crippen molar-refractivity contribution in [1.82, 2.24) is 5.32 Å². The van der Waals surface area contributed by atoms with E-state index in [2.05, 4.69) is 26.9 Å². The van der Waals surface area contributed by atoms with Gasteiger partial charge in [0.1, 0.15) is 24.0 Å². The third-order valence-corrected chi connectivity index (χ3v) is 6.02. The molecular formula is C27H37FN4O4S. The van der Waals surface area contributed by atoms with E-state index in [1.54, 1.807) is 33.4 Å². The highest BCUT2D eigenvalue weighted by Crippen LogP contribution is 2.19. The Balaban J connectivity index is 1.99. The molecule has 3 N–H and O–H groups in total. The van der Waals surface area contributed by atoms with Crippen molar-refractivity contribution in [1.29, 1.82) is 0 Å². The van der Waals surface area contributed by atoms with Gasteiger partial charge in [0, 0.05) is 56.6 Å². The number of amides is 1. The number of nitrogens with zero attached hydrogens (tertiary/aromatic N) is 1. The van der Waals surface area contributed by atoms with Gasteiger partial charge in [-0.3, -0.25) is 4.79 Å². The molecule has 2 rings (SSSR count). The molecule has 0 aliphatic rings. The van der Waals surface area contributed by atoms with Crippen LogP contribution in [0.5, 0.6) is 5.75 Å². The zero-order valence-electron chi connectivity index (χ0n) is 22.2. The fourth-order valence-corrected chi connectivity index (χ4v) is 3.72. The summed E-state index contributed by atoms with van der Waals surface area (Å²) in [6.07, 6.45) is 1.97.